The highest BCUT2D eigenvalue weighted by atomic mass is 32.2. The predicted octanol–water partition coefficient (Wildman–Crippen LogP) is 17.2. The van der Waals surface area contributed by atoms with E-state index in [0.717, 1.165) is 14.7 Å². The van der Waals surface area contributed by atoms with Gasteiger partial charge in [0.15, 0.2) is 28.9 Å². The van der Waals surface area contributed by atoms with Gasteiger partial charge in [0.1, 0.15) is 11.5 Å². The Morgan fingerprint density at radius 3 is 0.492 bits per heavy atom. The van der Waals surface area contributed by atoms with Crippen molar-refractivity contribution in [3.63, 3.8) is 0 Å². The molecule has 0 aromatic heterocycles. The quantitative estimate of drug-likeness (QED) is 0.0891. The Hall–Kier alpha value is -1.60. The van der Waals surface area contributed by atoms with Gasteiger partial charge in [-0.3, -0.25) is 24.0 Å². The van der Waals surface area contributed by atoms with Crippen LogP contribution in [0.3, 0.4) is 0 Å². The van der Waals surface area contributed by atoms with E-state index in [2.05, 4.69) is 104 Å². The molecule has 0 fully saturated rings. The van der Waals surface area contributed by atoms with Crippen LogP contribution in [0.15, 0.2) is 52.8 Å². The summed E-state index contributed by atoms with van der Waals surface area (Å²) in [5.41, 5.74) is 3.64. The standard InChI is InChI=1S/3C11H20OS.2C10H18O2S/c3*1-7(2)9(5)11(10(6)12)13-8(3)4;2*1-6(2)9(12)10(8(5)11)13-7(3)4/h3*7-8H,1-6H3;2*6-7,12H,1-5H3/b3*11-9-;2*10-9+. The minimum absolute atomic E-state index is 0.0187. The Balaban J connectivity index is -0.000000231. The SMILES string of the molecule is CC(=O)/C(SC(C)C)=C(\C)C(C)C.CC(=O)/C(SC(C)C)=C(\C)C(C)C.CC(=O)/C(SC(C)C)=C(\C)C(C)C.CC(=O)/C(SC(C)C)=C(\O)C(C)C.CC(=O)/C(SC(C)C)=C(\O)C(C)C. The fourth-order valence-corrected chi connectivity index (χ4v) is 9.66. The third kappa shape index (κ3) is 37.0. The van der Waals surface area contributed by atoms with E-state index < -0.39 is 0 Å². The lowest BCUT2D eigenvalue weighted by atomic mass is 10.0. The minimum Gasteiger partial charge on any atom is -0.511 e. The molecule has 0 aromatic carbocycles. The second-order valence-corrected chi connectivity index (χ2v) is 26.8. The topological polar surface area (TPSA) is 126 Å². The largest absolute Gasteiger partial charge is 0.511 e. The molecule has 0 aromatic rings. The number of rotatable bonds is 20. The summed E-state index contributed by atoms with van der Waals surface area (Å²) in [7, 11) is 0. The molecule has 12 heteroatoms. The van der Waals surface area contributed by atoms with E-state index >= 15 is 0 Å². The van der Waals surface area contributed by atoms with Crippen molar-refractivity contribution >= 4 is 87.7 Å². The molecule has 0 aliphatic heterocycles. The number of Topliss-reactive ketones (excluding diaryl/α,β-unsaturated/α-hetero) is 5. The summed E-state index contributed by atoms with van der Waals surface area (Å²) in [5, 5.41) is 21.4. The lowest BCUT2D eigenvalue weighted by Crippen LogP contribution is -2.05. The highest BCUT2D eigenvalue weighted by Crippen LogP contribution is 2.32. The molecule has 0 atom stereocenters. The number of aliphatic hydroxyl groups excluding tert-OH is 2. The monoisotopic (exact) mass is 1000 g/mol. The number of thioether (sulfide) groups is 5. The van der Waals surface area contributed by atoms with Crippen LogP contribution in [0.2, 0.25) is 0 Å². The Kier molecular flexibility index (Phi) is 42.6. The highest BCUT2D eigenvalue weighted by Gasteiger charge is 2.18. The van der Waals surface area contributed by atoms with Gasteiger partial charge in [-0.15, -0.1) is 58.8 Å². The fourth-order valence-electron chi connectivity index (χ4n) is 4.50. The summed E-state index contributed by atoms with van der Waals surface area (Å²) in [6.45, 7) is 55.0. The molecule has 0 spiro atoms. The van der Waals surface area contributed by atoms with Gasteiger partial charge in [-0.25, -0.2) is 0 Å². The van der Waals surface area contributed by atoms with Gasteiger partial charge in [0.2, 0.25) is 0 Å². The molecule has 0 aliphatic carbocycles. The molecular weight excluding hydrogens is 909 g/mol. The Morgan fingerprint density at radius 1 is 0.262 bits per heavy atom. The van der Waals surface area contributed by atoms with Crippen LogP contribution in [0.1, 0.15) is 194 Å². The van der Waals surface area contributed by atoms with Crippen LogP contribution in [0.25, 0.3) is 0 Å². The van der Waals surface area contributed by atoms with Crippen LogP contribution >= 0.6 is 58.8 Å². The molecule has 2 N–H and O–H groups in total. The zero-order valence-electron chi connectivity index (χ0n) is 46.3. The molecule has 0 bridgehead atoms. The maximum Gasteiger partial charge on any atom is 0.169 e. The van der Waals surface area contributed by atoms with E-state index in [1.54, 1.807) is 56.1 Å². The predicted molar refractivity (Wildman–Crippen MR) is 299 cm³/mol. The van der Waals surface area contributed by atoms with Gasteiger partial charge in [0, 0.05) is 52.8 Å². The van der Waals surface area contributed by atoms with Gasteiger partial charge in [-0.1, -0.05) is 155 Å². The number of ketones is 5. The first-order valence-corrected chi connectivity index (χ1v) is 27.6. The number of hydrogen-bond acceptors (Lipinski definition) is 12. The van der Waals surface area contributed by atoms with Gasteiger partial charge in [-0.05, 0) is 73.1 Å². The molecule has 0 saturated carbocycles. The van der Waals surface area contributed by atoms with E-state index in [1.807, 2.05) is 55.4 Å². The first-order valence-electron chi connectivity index (χ1n) is 23.2. The summed E-state index contributed by atoms with van der Waals surface area (Å²) in [4.78, 5) is 60.3. The molecule has 0 heterocycles. The lowest BCUT2D eigenvalue weighted by molar-refractivity contribution is -0.114. The number of aliphatic hydroxyl groups is 2. The third-order valence-electron chi connectivity index (χ3n) is 8.60. The van der Waals surface area contributed by atoms with Gasteiger partial charge in [-0.2, -0.15) is 0 Å². The number of allylic oxidation sites excluding steroid dienone is 10. The van der Waals surface area contributed by atoms with Crippen molar-refractivity contribution < 1.29 is 34.2 Å². The third-order valence-corrected chi connectivity index (χ3v) is 15.0. The molecule has 65 heavy (non-hydrogen) atoms. The van der Waals surface area contributed by atoms with Crippen molar-refractivity contribution in [3.05, 3.63) is 52.8 Å². The van der Waals surface area contributed by atoms with Crippen LogP contribution < -0.4 is 0 Å². The Bertz CT molecular complexity index is 1360. The van der Waals surface area contributed by atoms with Crippen LogP contribution in [0, 0.1) is 29.6 Å². The van der Waals surface area contributed by atoms with Gasteiger partial charge in [0.05, 0.1) is 9.81 Å². The van der Waals surface area contributed by atoms with Crippen molar-refractivity contribution in [2.24, 2.45) is 29.6 Å². The van der Waals surface area contributed by atoms with Gasteiger partial charge in [0.25, 0.3) is 0 Å². The first kappa shape index (κ1) is 72.4. The van der Waals surface area contributed by atoms with Crippen molar-refractivity contribution in [2.45, 2.75) is 220 Å². The van der Waals surface area contributed by atoms with Gasteiger partial charge >= 0.3 is 0 Å². The van der Waals surface area contributed by atoms with Crippen molar-refractivity contribution in [1.82, 2.24) is 0 Å². The number of carbonyl (C=O) groups excluding carboxylic acids is 5. The maximum absolute atomic E-state index is 11.3. The maximum atomic E-state index is 11.3. The first-order chi connectivity index (χ1) is 29.3. The smallest absolute Gasteiger partial charge is 0.169 e. The second kappa shape index (κ2) is 38.3. The lowest BCUT2D eigenvalue weighted by Gasteiger charge is -2.13. The minimum atomic E-state index is -0.0510. The Labute approximate surface area is 421 Å². The average molecular weight is 1010 g/mol. The van der Waals surface area contributed by atoms with Gasteiger partial charge < -0.3 is 10.2 Å². The van der Waals surface area contributed by atoms with Crippen LogP contribution in [0.4, 0.5) is 0 Å². The van der Waals surface area contributed by atoms with E-state index in [1.165, 1.54) is 54.1 Å². The summed E-state index contributed by atoms with van der Waals surface area (Å²) in [6, 6.07) is 0. The fraction of sp³-hybridized carbons (Fsp3) is 0.717. The molecule has 7 nitrogen and oxygen atoms in total. The Morgan fingerprint density at radius 2 is 0.400 bits per heavy atom. The molecule has 0 radical (unpaired) electrons. The molecule has 0 unspecified atom stereocenters. The summed E-state index contributed by atoms with van der Waals surface area (Å²) in [5.74, 6) is 2.35. The number of carbonyl (C=O) groups is 5. The zero-order chi connectivity index (χ0) is 53.0. The van der Waals surface area contributed by atoms with Crippen molar-refractivity contribution in [2.75, 3.05) is 0 Å². The number of hydrogen-bond donors (Lipinski definition) is 2. The van der Waals surface area contributed by atoms with Crippen LogP contribution in [-0.2, 0) is 24.0 Å². The van der Waals surface area contributed by atoms with E-state index in [9.17, 15) is 34.2 Å². The molecule has 380 valence electrons. The van der Waals surface area contributed by atoms with E-state index in [0.29, 0.717) is 53.8 Å². The molecule has 0 saturated heterocycles. The van der Waals surface area contributed by atoms with Crippen LogP contribution in [0.5, 0.6) is 0 Å². The molecular formula is C53H96O7S5. The summed E-state index contributed by atoms with van der Waals surface area (Å²) < 4.78 is 0. The zero-order valence-corrected chi connectivity index (χ0v) is 50.3. The van der Waals surface area contributed by atoms with Crippen LogP contribution in [-0.4, -0.2) is 65.4 Å². The normalized spacial score (nSPS) is 13.5. The summed E-state index contributed by atoms with van der Waals surface area (Å²) >= 11 is 7.87. The van der Waals surface area contributed by atoms with Crippen molar-refractivity contribution in [3.8, 4) is 0 Å². The summed E-state index contributed by atoms with van der Waals surface area (Å²) in [6.07, 6.45) is 0. The second-order valence-electron chi connectivity index (χ2n) is 18.9. The van der Waals surface area contributed by atoms with Crippen molar-refractivity contribution in [1.29, 1.82) is 0 Å². The van der Waals surface area contributed by atoms with E-state index in [4.69, 9.17) is 0 Å². The average Bonchev–Trinajstić information content (AvgIpc) is 3.14. The molecule has 0 rings (SSSR count). The molecule has 0 aliphatic rings. The molecule has 0 amide bonds. The highest BCUT2D eigenvalue weighted by molar-refractivity contribution is 8.05. The van der Waals surface area contributed by atoms with E-state index in [-0.39, 0.29) is 52.3 Å².